The van der Waals surface area contributed by atoms with Crippen LogP contribution in [0.2, 0.25) is 0 Å². The third kappa shape index (κ3) is 6.78. The predicted octanol–water partition coefficient (Wildman–Crippen LogP) is 4.71. The summed E-state index contributed by atoms with van der Waals surface area (Å²) in [5.74, 6) is 1.25. The van der Waals surface area contributed by atoms with Crippen LogP contribution >= 0.6 is 0 Å². The van der Waals surface area contributed by atoms with Gasteiger partial charge in [-0.05, 0) is 30.5 Å². The molecule has 0 saturated carbocycles. The van der Waals surface area contributed by atoms with Crippen LogP contribution in [0.15, 0.2) is 59.9 Å². The molecule has 0 fully saturated rings. The monoisotopic (exact) mass is 515 g/mol. The Morgan fingerprint density at radius 2 is 2.00 bits per heavy atom. The van der Waals surface area contributed by atoms with E-state index in [9.17, 15) is 9.90 Å². The number of anilines is 2. The van der Waals surface area contributed by atoms with Gasteiger partial charge in [0.25, 0.3) is 0 Å². The molecule has 0 atom stereocenters. The second kappa shape index (κ2) is 13.1. The highest BCUT2D eigenvalue weighted by Crippen LogP contribution is 2.32. The Kier molecular flexibility index (Phi) is 9.12. The zero-order valence-corrected chi connectivity index (χ0v) is 21.6. The van der Waals surface area contributed by atoms with Crippen LogP contribution in [0.4, 0.5) is 17.2 Å². The fourth-order valence-corrected chi connectivity index (χ4v) is 3.88. The lowest BCUT2D eigenvalue weighted by molar-refractivity contribution is -0.117. The maximum Gasteiger partial charge on any atom is 0.209 e. The molecule has 10 nitrogen and oxygen atoms in total. The minimum atomic E-state index is -0.0448. The van der Waals surface area contributed by atoms with Gasteiger partial charge in [-0.2, -0.15) is 0 Å². The van der Waals surface area contributed by atoms with Gasteiger partial charge >= 0.3 is 0 Å². The summed E-state index contributed by atoms with van der Waals surface area (Å²) in [6.45, 7) is 4.55. The molecule has 198 valence electrons. The van der Waals surface area contributed by atoms with E-state index in [1.165, 1.54) is 11.9 Å². The maximum absolute atomic E-state index is 10.8. The maximum atomic E-state index is 10.8. The van der Waals surface area contributed by atoms with E-state index in [1.54, 1.807) is 18.2 Å². The molecule has 0 saturated heterocycles. The number of ether oxygens (including phenoxy) is 1. The number of aromatic nitrogens is 3. The molecule has 0 aliphatic heterocycles. The van der Waals surface area contributed by atoms with Crippen LogP contribution < -0.4 is 15.4 Å². The molecule has 4 aromatic rings. The molecule has 4 N–H and O–H groups in total. The molecular formula is C28H33N7O3. The molecule has 0 spiro atoms. The minimum Gasteiger partial charge on any atom is -0.494 e. The minimum absolute atomic E-state index is 0.0448. The Morgan fingerprint density at radius 3 is 2.79 bits per heavy atom. The van der Waals surface area contributed by atoms with Crippen LogP contribution in [0.25, 0.3) is 11.0 Å². The number of nitrogens with zero attached hydrogens (tertiary/aromatic N) is 4. The van der Waals surface area contributed by atoms with E-state index in [2.05, 4.69) is 49.6 Å². The number of nitrogens with one attached hydrogen (secondary N) is 3. The van der Waals surface area contributed by atoms with Crippen molar-refractivity contribution in [1.82, 2.24) is 19.9 Å². The summed E-state index contributed by atoms with van der Waals surface area (Å²) in [5.41, 5.74) is 3.72. The van der Waals surface area contributed by atoms with Crippen LogP contribution in [0, 0.1) is 0 Å². The van der Waals surface area contributed by atoms with Crippen molar-refractivity contribution in [2.75, 3.05) is 37.4 Å². The number of aromatic hydroxyl groups is 1. The molecule has 10 heteroatoms. The summed E-state index contributed by atoms with van der Waals surface area (Å²) in [5, 5.41) is 17.9. The average molecular weight is 516 g/mol. The van der Waals surface area contributed by atoms with Crippen LogP contribution in [0.3, 0.4) is 0 Å². The first-order valence-corrected chi connectivity index (χ1v) is 12.6. The zero-order valence-electron chi connectivity index (χ0n) is 21.6. The van der Waals surface area contributed by atoms with Crippen LogP contribution in [-0.2, 0) is 11.3 Å². The topological polar surface area (TPSA) is 128 Å². The second-order valence-corrected chi connectivity index (χ2v) is 8.83. The predicted molar refractivity (Wildman–Crippen MR) is 151 cm³/mol. The van der Waals surface area contributed by atoms with E-state index in [4.69, 9.17) is 4.74 Å². The highest BCUT2D eigenvalue weighted by molar-refractivity contribution is 6.06. The molecule has 2 aromatic heterocycles. The van der Waals surface area contributed by atoms with Gasteiger partial charge in [-0.1, -0.05) is 37.3 Å². The number of amides is 1. The van der Waals surface area contributed by atoms with Crippen molar-refractivity contribution in [3.63, 3.8) is 0 Å². The molecule has 1 amide bonds. The number of carbonyl (C=O) groups is 1. The first-order valence-electron chi connectivity index (χ1n) is 12.6. The molecule has 0 aliphatic carbocycles. The summed E-state index contributed by atoms with van der Waals surface area (Å²) in [4.78, 5) is 28.5. The smallest absolute Gasteiger partial charge is 0.209 e. The highest BCUT2D eigenvalue weighted by atomic mass is 16.5. The fourth-order valence-electron chi connectivity index (χ4n) is 3.88. The van der Waals surface area contributed by atoms with Gasteiger partial charge in [0.15, 0.2) is 5.88 Å². The van der Waals surface area contributed by atoms with Crippen molar-refractivity contribution in [3.05, 3.63) is 66.0 Å². The third-order valence-electron chi connectivity index (χ3n) is 5.86. The quantitative estimate of drug-likeness (QED) is 0.109. The van der Waals surface area contributed by atoms with Crippen LogP contribution in [0.1, 0.15) is 30.9 Å². The van der Waals surface area contributed by atoms with Crippen molar-refractivity contribution >= 4 is 40.9 Å². The number of benzene rings is 2. The molecule has 0 unspecified atom stereocenters. The Labute approximate surface area is 221 Å². The van der Waals surface area contributed by atoms with E-state index in [0.717, 1.165) is 24.9 Å². The van der Waals surface area contributed by atoms with Crippen molar-refractivity contribution in [1.29, 1.82) is 0 Å². The van der Waals surface area contributed by atoms with Gasteiger partial charge < -0.3 is 30.4 Å². The van der Waals surface area contributed by atoms with E-state index in [0.29, 0.717) is 60.1 Å². The number of hydrogen-bond donors (Lipinski definition) is 4. The van der Waals surface area contributed by atoms with Gasteiger partial charge in [-0.15, -0.1) is 0 Å². The lowest BCUT2D eigenvalue weighted by Crippen LogP contribution is -2.19. The van der Waals surface area contributed by atoms with Crippen LogP contribution in [-0.4, -0.2) is 64.3 Å². The molecular weight excluding hydrogens is 482 g/mol. The zero-order chi connectivity index (χ0) is 26.7. The molecule has 2 aromatic carbocycles. The summed E-state index contributed by atoms with van der Waals surface area (Å²) in [6, 6.07) is 15.9. The number of hydrogen-bond acceptors (Lipinski definition) is 8. The fraction of sp³-hybridized carbons (Fsp3) is 0.286. The average Bonchev–Trinajstić information content (AvgIpc) is 3.28. The first-order chi connectivity index (χ1) is 18.6. The standard InChI is InChI=1S/C28H33N7O3/c1-3-14-38-24-15-21(10-11-23(24)31-16-20-8-5-4-6-9-20)30-17-22-25-26(29-12-7-13-35(2)19-36)32-18-33-27(25)34-28(22)37/h4-6,8-11,15,17-19,31,37H,3,7,12-14,16H2,1-2H3,(H2,29,32,33,34). The van der Waals surface area contributed by atoms with Gasteiger partial charge in [0.05, 0.1) is 28.9 Å². The van der Waals surface area contributed by atoms with Crippen molar-refractivity contribution in [3.8, 4) is 11.6 Å². The Balaban J connectivity index is 1.54. The summed E-state index contributed by atoms with van der Waals surface area (Å²) < 4.78 is 6.00. The number of aromatic amines is 1. The van der Waals surface area contributed by atoms with Crippen molar-refractivity contribution in [2.45, 2.75) is 26.3 Å². The summed E-state index contributed by atoms with van der Waals surface area (Å²) in [7, 11) is 1.74. The highest BCUT2D eigenvalue weighted by Gasteiger charge is 2.15. The third-order valence-corrected chi connectivity index (χ3v) is 5.86. The van der Waals surface area contributed by atoms with Gasteiger partial charge in [-0.3, -0.25) is 9.79 Å². The largest absolute Gasteiger partial charge is 0.494 e. The summed E-state index contributed by atoms with van der Waals surface area (Å²) >= 11 is 0. The SMILES string of the molecule is CCCOc1cc(N=Cc2c(O)[nH]c3ncnc(NCCCN(C)C=O)c23)ccc1NCc1ccccc1. The van der Waals surface area contributed by atoms with E-state index >= 15 is 0 Å². The first kappa shape index (κ1) is 26.5. The van der Waals surface area contributed by atoms with E-state index in [1.807, 2.05) is 36.4 Å². The number of aliphatic imine (C=N–C) groups is 1. The molecule has 0 radical (unpaired) electrons. The number of rotatable bonds is 14. The van der Waals surface area contributed by atoms with Gasteiger partial charge in [0, 0.05) is 39.0 Å². The van der Waals surface area contributed by atoms with Crippen LogP contribution in [0.5, 0.6) is 11.6 Å². The molecule has 2 heterocycles. The lowest BCUT2D eigenvalue weighted by atomic mass is 10.2. The number of fused-ring (bicyclic) bond motifs is 1. The molecule has 4 rings (SSSR count). The second-order valence-electron chi connectivity index (χ2n) is 8.83. The van der Waals surface area contributed by atoms with E-state index < -0.39 is 0 Å². The normalized spacial score (nSPS) is 11.1. The van der Waals surface area contributed by atoms with Gasteiger partial charge in [0.2, 0.25) is 6.41 Å². The number of carbonyl (C=O) groups excluding carboxylic acids is 1. The molecule has 0 aliphatic rings. The van der Waals surface area contributed by atoms with E-state index in [-0.39, 0.29) is 5.88 Å². The molecule has 0 bridgehead atoms. The lowest BCUT2D eigenvalue weighted by Gasteiger charge is -2.14. The van der Waals surface area contributed by atoms with Crippen molar-refractivity contribution in [2.24, 2.45) is 4.99 Å². The summed E-state index contributed by atoms with van der Waals surface area (Å²) in [6.07, 6.45) is 5.45. The number of H-pyrrole nitrogens is 1. The van der Waals surface area contributed by atoms with Gasteiger partial charge in [-0.25, -0.2) is 9.97 Å². The Hall–Kier alpha value is -4.60. The van der Waals surface area contributed by atoms with Crippen molar-refractivity contribution < 1.29 is 14.6 Å². The molecule has 38 heavy (non-hydrogen) atoms. The Morgan fingerprint density at radius 1 is 1.16 bits per heavy atom. The Bertz CT molecular complexity index is 1370. The van der Waals surface area contributed by atoms with Gasteiger partial charge in [0.1, 0.15) is 23.5 Å².